The van der Waals surface area contributed by atoms with Crippen LogP contribution in [0.4, 0.5) is 0 Å². The summed E-state index contributed by atoms with van der Waals surface area (Å²) in [5.41, 5.74) is 0. The summed E-state index contributed by atoms with van der Waals surface area (Å²) in [6.07, 6.45) is -0.875. The van der Waals surface area contributed by atoms with E-state index in [1.165, 1.54) is 0 Å². The van der Waals surface area contributed by atoms with Crippen molar-refractivity contribution >= 4 is 11.9 Å². The highest BCUT2D eigenvalue weighted by atomic mass is 16.6. The topological polar surface area (TPSA) is 119 Å². The molecule has 0 saturated carbocycles. The molecule has 0 spiro atoms. The number of carbonyl (C=O) groups excluding carboxylic acids is 2. The number of cyclic esters (lactones) is 1. The van der Waals surface area contributed by atoms with Crippen molar-refractivity contribution in [3.05, 3.63) is 10.1 Å². The van der Waals surface area contributed by atoms with Crippen molar-refractivity contribution in [3.63, 3.8) is 0 Å². The zero-order chi connectivity index (χ0) is 13.7. The van der Waals surface area contributed by atoms with Crippen molar-refractivity contribution in [2.24, 2.45) is 0 Å². The Labute approximate surface area is 103 Å². The van der Waals surface area contributed by atoms with Gasteiger partial charge in [0.1, 0.15) is 6.04 Å². The van der Waals surface area contributed by atoms with Crippen LogP contribution < -0.4 is 5.32 Å². The van der Waals surface area contributed by atoms with Gasteiger partial charge in [0.15, 0.2) is 0 Å². The fraction of sp³-hybridized carbons (Fsp3) is 0.800. The minimum Gasteiger partial charge on any atom is -0.464 e. The van der Waals surface area contributed by atoms with Crippen LogP contribution in [-0.2, 0) is 14.3 Å². The van der Waals surface area contributed by atoms with Gasteiger partial charge < -0.3 is 15.2 Å². The van der Waals surface area contributed by atoms with Crippen LogP contribution in [0.2, 0.25) is 0 Å². The molecule has 3 unspecified atom stereocenters. The highest BCUT2D eigenvalue weighted by molar-refractivity contribution is 5.87. The number of amides is 1. The van der Waals surface area contributed by atoms with Gasteiger partial charge >= 0.3 is 5.97 Å². The number of aliphatic hydroxyl groups excluding tert-OH is 1. The maximum Gasteiger partial charge on any atom is 0.328 e. The lowest BCUT2D eigenvalue weighted by atomic mass is 10.1. The van der Waals surface area contributed by atoms with Gasteiger partial charge in [-0.1, -0.05) is 6.92 Å². The van der Waals surface area contributed by atoms with Crippen molar-refractivity contribution in [1.82, 2.24) is 5.32 Å². The Morgan fingerprint density at radius 2 is 2.39 bits per heavy atom. The Hall–Kier alpha value is -1.70. The molecule has 1 saturated heterocycles. The Morgan fingerprint density at radius 3 is 2.83 bits per heavy atom. The smallest absolute Gasteiger partial charge is 0.328 e. The largest absolute Gasteiger partial charge is 0.464 e. The van der Waals surface area contributed by atoms with Gasteiger partial charge in [-0.15, -0.1) is 0 Å². The Kier molecular flexibility index (Phi) is 5.02. The molecule has 0 aliphatic carbocycles. The fourth-order valence-corrected chi connectivity index (χ4v) is 1.73. The third-order valence-electron chi connectivity index (χ3n) is 2.74. The summed E-state index contributed by atoms with van der Waals surface area (Å²) in [5, 5.41) is 22.6. The van der Waals surface area contributed by atoms with Gasteiger partial charge in [0.2, 0.25) is 12.1 Å². The summed E-state index contributed by atoms with van der Waals surface area (Å²) in [4.78, 5) is 32.7. The second kappa shape index (κ2) is 6.29. The average molecular weight is 260 g/mol. The molecule has 1 heterocycles. The summed E-state index contributed by atoms with van der Waals surface area (Å²) in [6, 6.07) is -2.17. The molecular weight excluding hydrogens is 244 g/mol. The van der Waals surface area contributed by atoms with Crippen LogP contribution in [0.5, 0.6) is 0 Å². The number of nitrogens with one attached hydrogen (secondary N) is 1. The van der Waals surface area contributed by atoms with Crippen molar-refractivity contribution < 1.29 is 24.4 Å². The molecule has 102 valence electrons. The molecule has 0 aromatic carbocycles. The molecule has 0 bridgehead atoms. The zero-order valence-corrected chi connectivity index (χ0v) is 10.00. The number of esters is 1. The predicted molar refractivity (Wildman–Crippen MR) is 59.2 cm³/mol. The van der Waals surface area contributed by atoms with Crippen LogP contribution in [0.3, 0.4) is 0 Å². The van der Waals surface area contributed by atoms with E-state index < -0.39 is 35.0 Å². The quantitative estimate of drug-likeness (QED) is 0.367. The SMILES string of the molecule is CCCC(C(O)C(=O)NC1CCOC1=O)[N+](=O)[O-]. The molecule has 8 heteroatoms. The van der Waals surface area contributed by atoms with Gasteiger partial charge in [0.25, 0.3) is 5.91 Å². The molecule has 1 amide bonds. The van der Waals surface area contributed by atoms with E-state index in [0.29, 0.717) is 12.8 Å². The van der Waals surface area contributed by atoms with E-state index in [1.807, 2.05) is 0 Å². The number of aliphatic hydroxyl groups is 1. The zero-order valence-electron chi connectivity index (χ0n) is 10.00. The van der Waals surface area contributed by atoms with Gasteiger partial charge in [-0.2, -0.15) is 0 Å². The van der Waals surface area contributed by atoms with Crippen LogP contribution in [0.25, 0.3) is 0 Å². The normalized spacial score (nSPS) is 22.1. The van der Waals surface area contributed by atoms with Gasteiger partial charge in [-0.3, -0.25) is 14.9 Å². The monoisotopic (exact) mass is 260 g/mol. The highest BCUT2D eigenvalue weighted by Crippen LogP contribution is 2.10. The predicted octanol–water partition coefficient (Wildman–Crippen LogP) is -0.776. The molecule has 18 heavy (non-hydrogen) atoms. The summed E-state index contributed by atoms with van der Waals surface area (Å²) in [6.45, 7) is 1.92. The van der Waals surface area contributed by atoms with Gasteiger partial charge in [0.05, 0.1) is 6.61 Å². The van der Waals surface area contributed by atoms with Crippen LogP contribution in [0.15, 0.2) is 0 Å². The molecule has 1 rings (SSSR count). The van der Waals surface area contributed by atoms with Gasteiger partial charge in [-0.05, 0) is 6.42 Å². The number of hydrogen-bond acceptors (Lipinski definition) is 6. The van der Waals surface area contributed by atoms with Crippen molar-refractivity contribution in [2.45, 2.75) is 44.4 Å². The van der Waals surface area contributed by atoms with Crippen molar-refractivity contribution in [3.8, 4) is 0 Å². The first-order valence-corrected chi connectivity index (χ1v) is 5.76. The van der Waals surface area contributed by atoms with Gasteiger partial charge in [0, 0.05) is 17.8 Å². The van der Waals surface area contributed by atoms with E-state index in [9.17, 15) is 24.8 Å². The molecule has 0 aromatic heterocycles. The van der Waals surface area contributed by atoms with E-state index in [0.717, 1.165) is 0 Å². The molecular formula is C10H16N2O6. The molecule has 0 aromatic rings. The van der Waals surface area contributed by atoms with E-state index in [2.05, 4.69) is 10.1 Å². The number of hydrogen-bond donors (Lipinski definition) is 2. The molecule has 1 aliphatic heterocycles. The summed E-state index contributed by atoms with van der Waals surface area (Å²) in [7, 11) is 0. The van der Waals surface area contributed by atoms with Crippen LogP contribution in [0, 0.1) is 10.1 Å². The molecule has 2 N–H and O–H groups in total. The number of ether oxygens (including phenoxy) is 1. The third-order valence-corrected chi connectivity index (χ3v) is 2.74. The van der Waals surface area contributed by atoms with Crippen molar-refractivity contribution in [2.75, 3.05) is 6.61 Å². The lowest BCUT2D eigenvalue weighted by molar-refractivity contribution is -0.532. The molecule has 3 atom stereocenters. The first-order valence-electron chi connectivity index (χ1n) is 5.76. The Morgan fingerprint density at radius 1 is 1.72 bits per heavy atom. The molecule has 8 nitrogen and oxygen atoms in total. The Bertz CT molecular complexity index is 345. The lowest BCUT2D eigenvalue weighted by Crippen LogP contribution is -2.49. The van der Waals surface area contributed by atoms with Crippen molar-refractivity contribution in [1.29, 1.82) is 0 Å². The standard InChI is InChI=1S/C10H16N2O6/c1-2-3-7(12(16)17)8(13)9(14)11-6-4-5-18-10(6)15/h6-8,13H,2-5H2,1H3,(H,11,14). The van der Waals surface area contributed by atoms with E-state index in [1.54, 1.807) is 6.92 Å². The van der Waals surface area contributed by atoms with Crippen LogP contribution in [-0.4, -0.2) is 46.7 Å². The average Bonchev–Trinajstić information content (AvgIpc) is 2.70. The Balaban J connectivity index is 2.58. The highest BCUT2D eigenvalue weighted by Gasteiger charge is 2.37. The molecule has 1 aliphatic rings. The maximum absolute atomic E-state index is 11.6. The summed E-state index contributed by atoms with van der Waals surface area (Å²) >= 11 is 0. The third kappa shape index (κ3) is 3.39. The number of carbonyl (C=O) groups is 2. The van der Waals surface area contributed by atoms with E-state index in [-0.39, 0.29) is 13.0 Å². The number of nitrogens with zero attached hydrogens (tertiary/aromatic N) is 1. The second-order valence-electron chi connectivity index (χ2n) is 4.10. The number of rotatable bonds is 6. The lowest BCUT2D eigenvalue weighted by Gasteiger charge is -2.16. The number of nitro groups is 1. The fourth-order valence-electron chi connectivity index (χ4n) is 1.73. The van der Waals surface area contributed by atoms with E-state index >= 15 is 0 Å². The maximum atomic E-state index is 11.6. The first-order chi connectivity index (χ1) is 8.47. The molecule has 1 fully saturated rings. The minimum atomic E-state index is -1.76. The minimum absolute atomic E-state index is 0.0939. The first kappa shape index (κ1) is 14.4. The van der Waals surface area contributed by atoms with Gasteiger partial charge in [-0.25, -0.2) is 4.79 Å². The molecule has 0 radical (unpaired) electrons. The van der Waals surface area contributed by atoms with E-state index in [4.69, 9.17) is 0 Å². The van der Waals surface area contributed by atoms with Crippen LogP contribution in [0.1, 0.15) is 26.2 Å². The summed E-state index contributed by atoms with van der Waals surface area (Å²) < 4.78 is 4.63. The second-order valence-corrected chi connectivity index (χ2v) is 4.10. The summed E-state index contributed by atoms with van der Waals surface area (Å²) in [5.74, 6) is -1.49. The van der Waals surface area contributed by atoms with Crippen LogP contribution >= 0.6 is 0 Å².